The lowest BCUT2D eigenvalue weighted by atomic mass is 10.3. The third kappa shape index (κ3) is 3.76. The standard InChI is InChI=1S/C7H11O2/c1-3-5-7(4-2)9-6-8/h5H,3-4H2,1-2H3/b7-5+. The molecule has 9 heavy (non-hydrogen) atoms. The molecule has 0 N–H and O–H groups in total. The molecule has 0 aromatic rings. The molecule has 2 heteroatoms. The highest BCUT2D eigenvalue weighted by Crippen LogP contribution is 2.01. The Labute approximate surface area is 55.5 Å². The summed E-state index contributed by atoms with van der Waals surface area (Å²) in [7, 11) is 0. The second-order valence-corrected chi connectivity index (χ2v) is 1.62. The molecule has 0 amide bonds. The first-order chi connectivity index (χ1) is 4.35. The Morgan fingerprint density at radius 3 is 2.67 bits per heavy atom. The van der Waals surface area contributed by atoms with E-state index in [1.165, 1.54) is 6.47 Å². The highest BCUT2D eigenvalue weighted by atomic mass is 16.5. The molecule has 0 aromatic heterocycles. The largest absolute Gasteiger partial charge is 0.423 e. The second kappa shape index (κ2) is 5.35. The summed E-state index contributed by atoms with van der Waals surface area (Å²) in [6.45, 7) is 5.30. The van der Waals surface area contributed by atoms with Gasteiger partial charge in [0.15, 0.2) is 0 Å². The van der Waals surface area contributed by atoms with Crippen LogP contribution in [0.25, 0.3) is 0 Å². The highest BCUT2D eigenvalue weighted by molar-refractivity contribution is 5.40. The summed E-state index contributed by atoms with van der Waals surface area (Å²) in [4.78, 5) is 9.66. The molecule has 0 heterocycles. The smallest absolute Gasteiger partial charge is 0.422 e. The van der Waals surface area contributed by atoms with E-state index < -0.39 is 0 Å². The molecule has 2 nitrogen and oxygen atoms in total. The van der Waals surface area contributed by atoms with Gasteiger partial charge < -0.3 is 4.74 Å². The number of hydrogen-bond donors (Lipinski definition) is 0. The van der Waals surface area contributed by atoms with Gasteiger partial charge in [-0.3, -0.25) is 0 Å². The van der Waals surface area contributed by atoms with E-state index in [1.54, 1.807) is 0 Å². The fraction of sp³-hybridized carbons (Fsp3) is 0.571. The van der Waals surface area contributed by atoms with Crippen LogP contribution in [0, 0.1) is 0 Å². The molecule has 0 bridgehead atoms. The molecule has 51 valence electrons. The fourth-order valence-corrected chi connectivity index (χ4v) is 0.539. The van der Waals surface area contributed by atoms with Crippen LogP contribution in [-0.4, -0.2) is 6.47 Å². The minimum absolute atomic E-state index is 0.701. The minimum atomic E-state index is 0.701. The van der Waals surface area contributed by atoms with Crippen molar-refractivity contribution in [3.05, 3.63) is 11.8 Å². The van der Waals surface area contributed by atoms with Crippen LogP contribution in [0.15, 0.2) is 11.8 Å². The van der Waals surface area contributed by atoms with E-state index in [1.807, 2.05) is 19.9 Å². The number of ether oxygens (including phenoxy) is 1. The monoisotopic (exact) mass is 127 g/mol. The summed E-state index contributed by atoms with van der Waals surface area (Å²) >= 11 is 0. The molecule has 0 aromatic carbocycles. The van der Waals surface area contributed by atoms with Gasteiger partial charge in [-0.15, -0.1) is 0 Å². The first-order valence-corrected chi connectivity index (χ1v) is 3.08. The summed E-state index contributed by atoms with van der Waals surface area (Å²) < 4.78 is 4.49. The molecule has 0 aliphatic carbocycles. The van der Waals surface area contributed by atoms with Gasteiger partial charge in [0.1, 0.15) is 5.76 Å². The Balaban J connectivity index is 3.65. The predicted molar refractivity (Wildman–Crippen MR) is 35.4 cm³/mol. The van der Waals surface area contributed by atoms with Crippen LogP contribution in [0.3, 0.4) is 0 Å². The average Bonchev–Trinajstić information content (AvgIpc) is 1.88. The van der Waals surface area contributed by atoms with Crippen molar-refractivity contribution in [1.82, 2.24) is 0 Å². The summed E-state index contributed by atoms with van der Waals surface area (Å²) in [5.41, 5.74) is 0. The topological polar surface area (TPSA) is 26.3 Å². The first kappa shape index (κ1) is 8.21. The molecule has 0 saturated heterocycles. The third-order valence-corrected chi connectivity index (χ3v) is 0.953. The van der Waals surface area contributed by atoms with Gasteiger partial charge in [-0.25, -0.2) is 4.79 Å². The van der Waals surface area contributed by atoms with Gasteiger partial charge in [-0.05, 0) is 12.5 Å². The molecule has 0 saturated carbocycles. The lowest BCUT2D eigenvalue weighted by Gasteiger charge is -1.96. The van der Waals surface area contributed by atoms with Crippen LogP contribution in [0.1, 0.15) is 26.7 Å². The van der Waals surface area contributed by atoms with Crippen molar-refractivity contribution in [3.8, 4) is 0 Å². The third-order valence-electron chi connectivity index (χ3n) is 0.953. The van der Waals surface area contributed by atoms with E-state index in [4.69, 9.17) is 0 Å². The van der Waals surface area contributed by atoms with Crippen LogP contribution in [-0.2, 0) is 9.53 Å². The zero-order valence-electron chi connectivity index (χ0n) is 5.81. The van der Waals surface area contributed by atoms with Crippen LogP contribution >= 0.6 is 0 Å². The fourth-order valence-electron chi connectivity index (χ4n) is 0.539. The molecule has 0 fully saturated rings. The van der Waals surface area contributed by atoms with Crippen LogP contribution < -0.4 is 0 Å². The van der Waals surface area contributed by atoms with Gasteiger partial charge in [-0.1, -0.05) is 13.8 Å². The number of allylic oxidation sites excluding steroid dienone is 2. The Kier molecular flexibility index (Phi) is 4.88. The van der Waals surface area contributed by atoms with Crippen molar-refractivity contribution in [2.45, 2.75) is 26.7 Å². The van der Waals surface area contributed by atoms with E-state index in [0.29, 0.717) is 5.76 Å². The van der Waals surface area contributed by atoms with Crippen molar-refractivity contribution in [2.75, 3.05) is 0 Å². The lowest BCUT2D eigenvalue weighted by molar-refractivity contribution is 0.350. The molecule has 0 aliphatic rings. The Morgan fingerprint density at radius 2 is 2.33 bits per heavy atom. The van der Waals surface area contributed by atoms with Crippen molar-refractivity contribution >= 4 is 6.47 Å². The molecule has 0 atom stereocenters. The summed E-state index contributed by atoms with van der Waals surface area (Å²) in [5.74, 6) is 0.701. The van der Waals surface area contributed by atoms with Gasteiger partial charge in [0, 0.05) is 6.42 Å². The lowest BCUT2D eigenvalue weighted by Crippen LogP contribution is -1.86. The maximum Gasteiger partial charge on any atom is 0.422 e. The first-order valence-electron chi connectivity index (χ1n) is 3.08. The van der Waals surface area contributed by atoms with Crippen LogP contribution in [0.2, 0.25) is 0 Å². The SMILES string of the molecule is CC/C=C(\CC)O[C]=O. The van der Waals surface area contributed by atoms with E-state index in [2.05, 4.69) is 4.74 Å². The Morgan fingerprint density at radius 1 is 1.67 bits per heavy atom. The quantitative estimate of drug-likeness (QED) is 0.538. The molecule has 0 aliphatic heterocycles. The number of carbonyl (C=O) groups excluding carboxylic acids is 1. The summed E-state index contributed by atoms with van der Waals surface area (Å²) in [5, 5.41) is 0. The number of rotatable bonds is 4. The van der Waals surface area contributed by atoms with Crippen molar-refractivity contribution in [2.24, 2.45) is 0 Å². The Bertz CT molecular complexity index is 105. The van der Waals surface area contributed by atoms with E-state index in [9.17, 15) is 4.79 Å². The molecular weight excluding hydrogens is 116 g/mol. The highest BCUT2D eigenvalue weighted by Gasteiger charge is 1.90. The van der Waals surface area contributed by atoms with Crippen molar-refractivity contribution in [1.29, 1.82) is 0 Å². The summed E-state index contributed by atoms with van der Waals surface area (Å²) in [6.07, 6.45) is 3.51. The average molecular weight is 127 g/mol. The van der Waals surface area contributed by atoms with Crippen LogP contribution in [0.5, 0.6) is 0 Å². The normalized spacial score (nSPS) is 11.1. The predicted octanol–water partition coefficient (Wildman–Crippen LogP) is 1.77. The minimum Gasteiger partial charge on any atom is -0.423 e. The maximum atomic E-state index is 9.66. The summed E-state index contributed by atoms with van der Waals surface area (Å²) in [6, 6.07) is 0. The van der Waals surface area contributed by atoms with E-state index in [-0.39, 0.29) is 0 Å². The zero-order chi connectivity index (χ0) is 7.11. The van der Waals surface area contributed by atoms with Crippen LogP contribution in [0.4, 0.5) is 0 Å². The second-order valence-electron chi connectivity index (χ2n) is 1.62. The molecule has 0 unspecified atom stereocenters. The van der Waals surface area contributed by atoms with E-state index in [0.717, 1.165) is 12.8 Å². The van der Waals surface area contributed by atoms with Gasteiger partial charge in [0.05, 0.1) is 0 Å². The number of hydrogen-bond acceptors (Lipinski definition) is 2. The van der Waals surface area contributed by atoms with Gasteiger partial charge in [0.25, 0.3) is 0 Å². The molecule has 0 spiro atoms. The molecular formula is C7H11O2. The van der Waals surface area contributed by atoms with Gasteiger partial charge in [0.2, 0.25) is 0 Å². The van der Waals surface area contributed by atoms with Gasteiger partial charge >= 0.3 is 6.47 Å². The van der Waals surface area contributed by atoms with Crippen molar-refractivity contribution < 1.29 is 9.53 Å². The zero-order valence-corrected chi connectivity index (χ0v) is 5.81. The van der Waals surface area contributed by atoms with E-state index >= 15 is 0 Å². The maximum absolute atomic E-state index is 9.66. The van der Waals surface area contributed by atoms with Crippen molar-refractivity contribution in [3.63, 3.8) is 0 Å². The van der Waals surface area contributed by atoms with Gasteiger partial charge in [-0.2, -0.15) is 0 Å². The Hall–Kier alpha value is -0.790. The molecule has 1 radical (unpaired) electrons. The molecule has 0 rings (SSSR count).